The highest BCUT2D eigenvalue weighted by Gasteiger charge is 2.26. The maximum Gasteiger partial charge on any atom is 0.0669 e. The number of nitrogens with zero attached hydrogens (tertiary/aromatic N) is 1. The molecule has 2 atom stereocenters. The molecule has 3 fully saturated rings. The van der Waals surface area contributed by atoms with Crippen molar-refractivity contribution in [1.82, 2.24) is 10.2 Å². The van der Waals surface area contributed by atoms with E-state index in [2.05, 4.69) is 10.2 Å². The Kier molecular flexibility index (Phi) is 5.36. The first kappa shape index (κ1) is 14.8. The molecule has 3 nitrogen and oxygen atoms in total. The summed E-state index contributed by atoms with van der Waals surface area (Å²) in [6.07, 6.45) is 11.9. The van der Waals surface area contributed by atoms with Crippen LogP contribution in [0.15, 0.2) is 0 Å². The summed E-state index contributed by atoms with van der Waals surface area (Å²) in [6, 6.07) is 0.832. The second kappa shape index (κ2) is 7.24. The van der Waals surface area contributed by atoms with Crippen molar-refractivity contribution in [3.05, 3.63) is 0 Å². The molecule has 0 aromatic carbocycles. The molecule has 0 aromatic heterocycles. The van der Waals surface area contributed by atoms with Crippen molar-refractivity contribution in [3.8, 4) is 0 Å². The third-order valence-electron chi connectivity index (χ3n) is 5.42. The number of nitrogens with one attached hydrogen (secondary N) is 1. The summed E-state index contributed by atoms with van der Waals surface area (Å²) in [6.45, 7) is 4.50. The van der Waals surface area contributed by atoms with E-state index in [0.29, 0.717) is 0 Å². The van der Waals surface area contributed by atoms with Crippen molar-refractivity contribution in [2.24, 2.45) is 11.8 Å². The van der Waals surface area contributed by atoms with Crippen molar-refractivity contribution in [2.75, 3.05) is 26.2 Å². The SMILES string of the molecule is OC(CC1CCCC1)CN1CCCC(CNC2CC2)C1. The van der Waals surface area contributed by atoms with Crippen LogP contribution in [-0.4, -0.2) is 48.3 Å². The quantitative estimate of drug-likeness (QED) is 0.751. The normalized spacial score (nSPS) is 30.8. The number of likely N-dealkylation sites (tertiary alicyclic amines) is 1. The monoisotopic (exact) mass is 280 g/mol. The summed E-state index contributed by atoms with van der Waals surface area (Å²) in [5.41, 5.74) is 0. The molecule has 3 aliphatic rings. The molecule has 1 aliphatic heterocycles. The fraction of sp³-hybridized carbons (Fsp3) is 1.00. The average Bonchev–Trinajstić information content (AvgIpc) is 3.14. The summed E-state index contributed by atoms with van der Waals surface area (Å²) >= 11 is 0. The Morgan fingerprint density at radius 3 is 2.50 bits per heavy atom. The molecular weight excluding hydrogens is 248 g/mol. The van der Waals surface area contributed by atoms with Gasteiger partial charge in [0.25, 0.3) is 0 Å². The van der Waals surface area contributed by atoms with Crippen molar-refractivity contribution in [1.29, 1.82) is 0 Å². The highest BCUT2D eigenvalue weighted by Crippen LogP contribution is 2.29. The van der Waals surface area contributed by atoms with E-state index in [1.165, 1.54) is 71.0 Å². The van der Waals surface area contributed by atoms with Crippen molar-refractivity contribution < 1.29 is 5.11 Å². The van der Waals surface area contributed by atoms with Crippen LogP contribution in [0, 0.1) is 11.8 Å². The first-order chi connectivity index (χ1) is 9.79. The van der Waals surface area contributed by atoms with E-state index in [4.69, 9.17) is 0 Å². The first-order valence-electron chi connectivity index (χ1n) is 8.93. The number of rotatable bonds is 7. The Labute approximate surface area is 124 Å². The number of aliphatic hydroxyl groups is 1. The Hall–Kier alpha value is -0.120. The summed E-state index contributed by atoms with van der Waals surface area (Å²) in [5.74, 6) is 1.62. The summed E-state index contributed by atoms with van der Waals surface area (Å²) in [4.78, 5) is 2.52. The smallest absolute Gasteiger partial charge is 0.0669 e. The number of hydrogen-bond acceptors (Lipinski definition) is 3. The van der Waals surface area contributed by atoms with Crippen LogP contribution >= 0.6 is 0 Å². The maximum atomic E-state index is 10.3. The molecule has 1 heterocycles. The topological polar surface area (TPSA) is 35.5 Å². The maximum absolute atomic E-state index is 10.3. The minimum Gasteiger partial charge on any atom is -0.392 e. The molecule has 0 aromatic rings. The zero-order chi connectivity index (χ0) is 13.8. The molecular formula is C17H32N2O. The van der Waals surface area contributed by atoms with Gasteiger partial charge in [-0.1, -0.05) is 25.7 Å². The third kappa shape index (κ3) is 4.71. The number of piperidine rings is 1. The van der Waals surface area contributed by atoms with Crippen LogP contribution in [0.5, 0.6) is 0 Å². The molecule has 2 unspecified atom stereocenters. The lowest BCUT2D eigenvalue weighted by molar-refractivity contribution is 0.0689. The summed E-state index contributed by atoms with van der Waals surface area (Å²) in [7, 11) is 0. The predicted molar refractivity (Wildman–Crippen MR) is 82.8 cm³/mol. The molecule has 0 bridgehead atoms. The highest BCUT2D eigenvalue weighted by atomic mass is 16.3. The van der Waals surface area contributed by atoms with Crippen LogP contribution in [0.2, 0.25) is 0 Å². The first-order valence-corrected chi connectivity index (χ1v) is 8.93. The largest absolute Gasteiger partial charge is 0.392 e. The van der Waals surface area contributed by atoms with Crippen molar-refractivity contribution in [3.63, 3.8) is 0 Å². The van der Waals surface area contributed by atoms with Gasteiger partial charge in [0.1, 0.15) is 0 Å². The molecule has 3 rings (SSSR count). The van der Waals surface area contributed by atoms with Gasteiger partial charge >= 0.3 is 0 Å². The molecule has 2 aliphatic carbocycles. The summed E-state index contributed by atoms with van der Waals surface area (Å²) in [5, 5.41) is 14.0. The minimum absolute atomic E-state index is 0.0896. The fourth-order valence-corrected chi connectivity index (χ4v) is 4.11. The zero-order valence-corrected chi connectivity index (χ0v) is 12.9. The lowest BCUT2D eigenvalue weighted by Crippen LogP contribution is -2.43. The van der Waals surface area contributed by atoms with Gasteiger partial charge in [-0.15, -0.1) is 0 Å². The van der Waals surface area contributed by atoms with Crippen molar-refractivity contribution in [2.45, 2.75) is 69.9 Å². The molecule has 20 heavy (non-hydrogen) atoms. The van der Waals surface area contributed by atoms with Gasteiger partial charge in [0, 0.05) is 19.1 Å². The van der Waals surface area contributed by atoms with Crippen LogP contribution in [0.25, 0.3) is 0 Å². The highest BCUT2D eigenvalue weighted by molar-refractivity contribution is 4.84. The number of hydrogen-bond donors (Lipinski definition) is 2. The predicted octanol–water partition coefficient (Wildman–Crippen LogP) is 2.39. The second-order valence-corrected chi connectivity index (χ2v) is 7.49. The van der Waals surface area contributed by atoms with Gasteiger partial charge in [-0.3, -0.25) is 0 Å². The van der Waals surface area contributed by atoms with Crippen LogP contribution in [0.4, 0.5) is 0 Å². The van der Waals surface area contributed by atoms with E-state index in [1.807, 2.05) is 0 Å². The molecule has 0 spiro atoms. The Morgan fingerprint density at radius 2 is 1.75 bits per heavy atom. The lowest BCUT2D eigenvalue weighted by atomic mass is 9.96. The van der Waals surface area contributed by atoms with Gasteiger partial charge in [-0.25, -0.2) is 0 Å². The molecule has 3 heteroatoms. The van der Waals surface area contributed by atoms with Gasteiger partial charge in [0.15, 0.2) is 0 Å². The van der Waals surface area contributed by atoms with Crippen molar-refractivity contribution >= 4 is 0 Å². The summed E-state index contributed by atoms with van der Waals surface area (Å²) < 4.78 is 0. The number of aliphatic hydroxyl groups excluding tert-OH is 1. The van der Waals surface area contributed by atoms with E-state index >= 15 is 0 Å². The average molecular weight is 280 g/mol. The van der Waals surface area contributed by atoms with Gasteiger partial charge in [-0.2, -0.15) is 0 Å². The van der Waals surface area contributed by atoms with E-state index in [1.54, 1.807) is 0 Å². The zero-order valence-electron chi connectivity index (χ0n) is 12.9. The Morgan fingerprint density at radius 1 is 1.00 bits per heavy atom. The molecule has 0 amide bonds. The number of β-amino-alcohol motifs (C(OH)–C–C–N with tert-alkyl or cyclic N) is 1. The van der Waals surface area contributed by atoms with Gasteiger partial charge in [0.2, 0.25) is 0 Å². The second-order valence-electron chi connectivity index (χ2n) is 7.49. The van der Waals surface area contributed by atoms with Crippen LogP contribution < -0.4 is 5.32 Å². The Balaban J connectivity index is 1.34. The van der Waals surface area contributed by atoms with Crippen LogP contribution in [-0.2, 0) is 0 Å². The molecule has 0 radical (unpaired) electrons. The third-order valence-corrected chi connectivity index (χ3v) is 5.42. The fourth-order valence-electron chi connectivity index (χ4n) is 4.11. The van der Waals surface area contributed by atoms with E-state index in [-0.39, 0.29) is 6.10 Å². The molecule has 2 saturated carbocycles. The lowest BCUT2D eigenvalue weighted by Gasteiger charge is -2.34. The van der Waals surface area contributed by atoms with Crippen LogP contribution in [0.3, 0.4) is 0 Å². The van der Waals surface area contributed by atoms with E-state index in [0.717, 1.165) is 30.8 Å². The van der Waals surface area contributed by atoms with Gasteiger partial charge < -0.3 is 15.3 Å². The molecule has 2 N–H and O–H groups in total. The Bertz CT molecular complexity index is 287. The minimum atomic E-state index is -0.0896. The van der Waals surface area contributed by atoms with Gasteiger partial charge in [-0.05, 0) is 57.0 Å². The van der Waals surface area contributed by atoms with Gasteiger partial charge in [0.05, 0.1) is 6.10 Å². The van der Waals surface area contributed by atoms with E-state index < -0.39 is 0 Å². The standard InChI is InChI=1S/C17H32N2O/c20-17(10-14-4-1-2-5-14)13-19-9-3-6-15(12-19)11-18-16-7-8-16/h14-18,20H,1-13H2. The molecule has 116 valence electrons. The van der Waals surface area contributed by atoms with Crippen LogP contribution in [0.1, 0.15) is 57.8 Å². The van der Waals surface area contributed by atoms with E-state index in [9.17, 15) is 5.11 Å². The molecule has 1 saturated heterocycles.